The molecule has 0 fully saturated rings. The highest BCUT2D eigenvalue weighted by molar-refractivity contribution is 5.71. The number of carbonyl (C=O) groups is 3. The van der Waals surface area contributed by atoms with Crippen LogP contribution in [0.1, 0.15) is 201 Å². The van der Waals surface area contributed by atoms with Gasteiger partial charge in [0, 0.05) is 19.3 Å². The molecule has 0 heterocycles. The summed E-state index contributed by atoms with van der Waals surface area (Å²) in [5.41, 5.74) is 0. The SMILES string of the molecule is CC/C=C\C/C=C\C/C=C\C/C=C\C/C=C\C/C=C\CCC(=O)OC[C@@H](COC(=O)CCC/C=C\C/C=C\C/C=C\C/C=C\CCCCC)OC(=O)CCC/C=C\C/C=C\C/C=C\C/C=C\CCCCC. The van der Waals surface area contributed by atoms with Crippen molar-refractivity contribution >= 4 is 17.9 Å². The molecule has 0 spiro atoms. The molecule has 0 aromatic carbocycles. The molecule has 6 nitrogen and oxygen atoms in total. The molecule has 0 saturated carbocycles. The third-order valence-electron chi connectivity index (χ3n) is 10.7. The van der Waals surface area contributed by atoms with Gasteiger partial charge in [-0.25, -0.2) is 0 Å². The smallest absolute Gasteiger partial charge is 0.306 e. The molecule has 394 valence electrons. The van der Waals surface area contributed by atoms with Gasteiger partial charge in [-0.1, -0.05) is 217 Å². The Bertz CT molecular complexity index is 1690. The van der Waals surface area contributed by atoms with Crippen LogP contribution in [0.25, 0.3) is 0 Å². The molecular weight excluding hydrogens is 877 g/mol. The molecule has 0 aliphatic heterocycles. The first kappa shape index (κ1) is 65.8. The van der Waals surface area contributed by atoms with Crippen molar-refractivity contribution in [2.24, 2.45) is 0 Å². The summed E-state index contributed by atoms with van der Waals surface area (Å²) in [7, 11) is 0. The van der Waals surface area contributed by atoms with E-state index in [9.17, 15) is 14.4 Å². The molecule has 0 amide bonds. The fraction of sp³-hybridized carbons (Fsp3) is 0.523. The Kier molecular flexibility index (Phi) is 53.1. The Morgan fingerprint density at radius 1 is 0.296 bits per heavy atom. The summed E-state index contributed by atoms with van der Waals surface area (Å²) in [4.78, 5) is 38.1. The zero-order chi connectivity index (χ0) is 51.4. The molecular formula is C65H98O6. The van der Waals surface area contributed by atoms with Gasteiger partial charge in [-0.3, -0.25) is 14.4 Å². The second-order valence-electron chi connectivity index (χ2n) is 17.4. The number of ether oxygens (including phenoxy) is 3. The second-order valence-corrected chi connectivity index (χ2v) is 17.4. The number of hydrogen-bond donors (Lipinski definition) is 0. The summed E-state index contributed by atoms with van der Waals surface area (Å²) in [6.07, 6.45) is 85.0. The minimum Gasteiger partial charge on any atom is -0.462 e. The highest BCUT2D eigenvalue weighted by Gasteiger charge is 2.19. The summed E-state index contributed by atoms with van der Waals surface area (Å²) in [5, 5.41) is 0. The van der Waals surface area contributed by atoms with E-state index in [0.717, 1.165) is 89.9 Å². The Balaban J connectivity index is 4.71. The van der Waals surface area contributed by atoms with E-state index in [4.69, 9.17) is 14.2 Å². The number of unbranched alkanes of at least 4 members (excludes halogenated alkanes) is 8. The predicted molar refractivity (Wildman–Crippen MR) is 306 cm³/mol. The number of rotatable bonds is 47. The molecule has 71 heavy (non-hydrogen) atoms. The topological polar surface area (TPSA) is 78.9 Å². The van der Waals surface area contributed by atoms with Crippen LogP contribution in [0.15, 0.2) is 170 Å². The lowest BCUT2D eigenvalue weighted by Crippen LogP contribution is -2.30. The molecule has 0 aliphatic rings. The second kappa shape index (κ2) is 57.3. The summed E-state index contributed by atoms with van der Waals surface area (Å²) in [5.74, 6) is -1.17. The molecule has 0 aliphatic carbocycles. The monoisotopic (exact) mass is 975 g/mol. The molecule has 0 aromatic rings. The van der Waals surface area contributed by atoms with Crippen LogP contribution in [-0.2, 0) is 28.6 Å². The van der Waals surface area contributed by atoms with Crippen molar-refractivity contribution in [3.05, 3.63) is 170 Å². The number of allylic oxidation sites excluding steroid dienone is 28. The van der Waals surface area contributed by atoms with Gasteiger partial charge in [0.15, 0.2) is 6.10 Å². The fourth-order valence-electron chi connectivity index (χ4n) is 6.57. The van der Waals surface area contributed by atoms with Crippen LogP contribution in [0.3, 0.4) is 0 Å². The van der Waals surface area contributed by atoms with Gasteiger partial charge >= 0.3 is 17.9 Å². The normalized spacial score (nSPS) is 13.5. The van der Waals surface area contributed by atoms with Gasteiger partial charge in [-0.2, -0.15) is 0 Å². The molecule has 0 saturated heterocycles. The molecule has 0 unspecified atom stereocenters. The quantitative estimate of drug-likeness (QED) is 0.0262. The van der Waals surface area contributed by atoms with E-state index in [0.29, 0.717) is 19.3 Å². The van der Waals surface area contributed by atoms with Gasteiger partial charge in [0.05, 0.1) is 0 Å². The van der Waals surface area contributed by atoms with Crippen LogP contribution in [0.2, 0.25) is 0 Å². The number of esters is 3. The van der Waals surface area contributed by atoms with Gasteiger partial charge in [-0.15, -0.1) is 0 Å². The first-order valence-electron chi connectivity index (χ1n) is 27.6. The van der Waals surface area contributed by atoms with Gasteiger partial charge in [-0.05, 0) is 135 Å². The van der Waals surface area contributed by atoms with Crippen molar-refractivity contribution in [3.63, 3.8) is 0 Å². The fourth-order valence-corrected chi connectivity index (χ4v) is 6.57. The zero-order valence-corrected chi connectivity index (χ0v) is 44.9. The maximum absolute atomic E-state index is 12.8. The van der Waals surface area contributed by atoms with Crippen LogP contribution in [0, 0.1) is 0 Å². The standard InChI is InChI=1S/C65H98O6/c1-4-7-10-13-16-19-22-25-28-31-32-35-37-40-43-46-49-52-55-58-64(67)70-61-62(71-65(68)59-56-53-50-47-44-41-38-34-30-27-24-21-18-15-12-9-6-3)60-69-63(66)57-54-51-48-45-42-39-36-33-29-26-23-20-17-14-11-8-5-2/h7,10,16-21,25-30,32,35-36,38-41,43,45,47-50,52,62H,4-6,8-9,11-15,22-24,31,33-34,37,42,44,46,51,53-61H2,1-3H3/b10-7-,19-16-,20-17-,21-18-,28-25-,29-26-,30-27-,35-32-,39-36-,41-38-,43-40-,48-45-,50-47-,52-49-/t62-/m1/s1. The van der Waals surface area contributed by atoms with Crippen LogP contribution < -0.4 is 0 Å². The number of carbonyl (C=O) groups excluding carboxylic acids is 3. The van der Waals surface area contributed by atoms with Crippen LogP contribution in [-0.4, -0.2) is 37.2 Å². The van der Waals surface area contributed by atoms with E-state index in [1.807, 2.05) is 12.2 Å². The van der Waals surface area contributed by atoms with Crippen molar-refractivity contribution in [2.45, 2.75) is 207 Å². The average Bonchev–Trinajstić information content (AvgIpc) is 3.37. The van der Waals surface area contributed by atoms with Gasteiger partial charge in [0.1, 0.15) is 13.2 Å². The largest absolute Gasteiger partial charge is 0.462 e. The van der Waals surface area contributed by atoms with E-state index in [-0.39, 0.29) is 38.4 Å². The lowest BCUT2D eigenvalue weighted by Gasteiger charge is -2.18. The maximum Gasteiger partial charge on any atom is 0.306 e. The molecule has 0 rings (SSSR count). The Labute approximate surface area is 434 Å². The molecule has 0 aromatic heterocycles. The first-order valence-corrected chi connectivity index (χ1v) is 27.6. The minimum absolute atomic E-state index is 0.160. The third-order valence-corrected chi connectivity index (χ3v) is 10.7. The first-order chi connectivity index (χ1) is 35.0. The van der Waals surface area contributed by atoms with Gasteiger partial charge in [0.2, 0.25) is 0 Å². The highest BCUT2D eigenvalue weighted by Crippen LogP contribution is 2.09. The van der Waals surface area contributed by atoms with Crippen LogP contribution >= 0.6 is 0 Å². The molecule has 1 atom stereocenters. The van der Waals surface area contributed by atoms with E-state index in [1.165, 1.54) is 51.4 Å². The summed E-state index contributed by atoms with van der Waals surface area (Å²) in [6.45, 7) is 6.28. The Morgan fingerprint density at radius 2 is 0.563 bits per heavy atom. The third kappa shape index (κ3) is 55.6. The Hall–Kier alpha value is -5.23. The highest BCUT2D eigenvalue weighted by atomic mass is 16.6. The van der Waals surface area contributed by atoms with E-state index < -0.39 is 18.0 Å². The molecule has 0 N–H and O–H groups in total. The molecule has 6 heteroatoms. The minimum atomic E-state index is -0.869. The van der Waals surface area contributed by atoms with Crippen molar-refractivity contribution in [3.8, 4) is 0 Å². The van der Waals surface area contributed by atoms with Gasteiger partial charge < -0.3 is 14.2 Å². The van der Waals surface area contributed by atoms with Crippen molar-refractivity contribution in [1.82, 2.24) is 0 Å². The van der Waals surface area contributed by atoms with Crippen molar-refractivity contribution in [1.29, 1.82) is 0 Å². The molecule has 0 bridgehead atoms. The summed E-state index contributed by atoms with van der Waals surface area (Å²) in [6, 6.07) is 0. The van der Waals surface area contributed by atoms with Crippen LogP contribution in [0.4, 0.5) is 0 Å². The van der Waals surface area contributed by atoms with E-state index in [1.54, 1.807) is 0 Å². The van der Waals surface area contributed by atoms with E-state index >= 15 is 0 Å². The zero-order valence-electron chi connectivity index (χ0n) is 44.9. The lowest BCUT2D eigenvalue weighted by molar-refractivity contribution is -0.166. The number of hydrogen-bond acceptors (Lipinski definition) is 6. The molecule has 0 radical (unpaired) electrons. The average molecular weight is 975 g/mol. The van der Waals surface area contributed by atoms with Crippen molar-refractivity contribution in [2.75, 3.05) is 13.2 Å². The maximum atomic E-state index is 12.8. The summed E-state index contributed by atoms with van der Waals surface area (Å²) < 4.78 is 16.7. The van der Waals surface area contributed by atoms with E-state index in [2.05, 4.69) is 179 Å². The van der Waals surface area contributed by atoms with Crippen LogP contribution in [0.5, 0.6) is 0 Å². The van der Waals surface area contributed by atoms with Gasteiger partial charge in [0.25, 0.3) is 0 Å². The van der Waals surface area contributed by atoms with Crippen molar-refractivity contribution < 1.29 is 28.6 Å². The Morgan fingerprint density at radius 3 is 0.887 bits per heavy atom. The summed E-state index contributed by atoms with van der Waals surface area (Å²) >= 11 is 0. The lowest BCUT2D eigenvalue weighted by atomic mass is 10.2. The predicted octanol–water partition coefficient (Wildman–Crippen LogP) is 18.8.